The van der Waals surface area contributed by atoms with Crippen molar-refractivity contribution in [2.45, 2.75) is 407 Å². The van der Waals surface area contributed by atoms with Crippen LogP contribution in [0.25, 0.3) is 0 Å². The summed E-state index contributed by atoms with van der Waals surface area (Å²) >= 11 is 0. The van der Waals surface area contributed by atoms with E-state index in [1.165, 1.54) is 193 Å². The molecule has 0 spiro atoms. The third-order valence-electron chi connectivity index (χ3n) is 18.0. The van der Waals surface area contributed by atoms with Crippen LogP contribution in [0.4, 0.5) is 0 Å². The molecular weight excluding hydrogens is 1250 g/mol. The fraction of sp³-hybridized carbons (Fsp3) is 0.947. The van der Waals surface area contributed by atoms with E-state index >= 15 is 0 Å². The number of esters is 4. The monoisotopic (exact) mass is 1400 g/mol. The lowest BCUT2D eigenvalue weighted by molar-refractivity contribution is -0.161. The molecule has 0 aliphatic heterocycles. The molecule has 19 heteroatoms. The van der Waals surface area contributed by atoms with Gasteiger partial charge in [-0.3, -0.25) is 37.3 Å². The number of unbranched alkanes of at least 4 members (excludes halogenated alkanes) is 41. The van der Waals surface area contributed by atoms with E-state index in [-0.39, 0.29) is 25.7 Å². The zero-order chi connectivity index (χ0) is 70.1. The van der Waals surface area contributed by atoms with Gasteiger partial charge in [0.1, 0.15) is 19.3 Å². The lowest BCUT2D eigenvalue weighted by atomic mass is 9.99. The van der Waals surface area contributed by atoms with Gasteiger partial charge >= 0.3 is 39.5 Å². The number of carbonyl (C=O) groups excluding carboxylic acids is 4. The van der Waals surface area contributed by atoms with Gasteiger partial charge in [-0.25, -0.2) is 9.13 Å². The minimum atomic E-state index is -4.96. The number of phosphoric ester groups is 2. The van der Waals surface area contributed by atoms with Crippen molar-refractivity contribution in [1.29, 1.82) is 0 Å². The Kier molecular flexibility index (Phi) is 65.2. The number of aliphatic hydroxyl groups excluding tert-OH is 1. The molecule has 17 nitrogen and oxygen atoms in total. The second kappa shape index (κ2) is 66.6. The maximum absolute atomic E-state index is 13.1. The molecule has 0 saturated carbocycles. The van der Waals surface area contributed by atoms with Crippen molar-refractivity contribution in [2.24, 2.45) is 17.8 Å². The highest BCUT2D eigenvalue weighted by Crippen LogP contribution is 2.45. The predicted molar refractivity (Wildman–Crippen MR) is 386 cm³/mol. The summed E-state index contributed by atoms with van der Waals surface area (Å²) in [4.78, 5) is 72.7. The van der Waals surface area contributed by atoms with Crippen molar-refractivity contribution >= 4 is 39.5 Å². The van der Waals surface area contributed by atoms with Crippen LogP contribution in [0, 0.1) is 17.8 Å². The number of aliphatic hydroxyl groups is 1. The molecule has 6 atom stereocenters. The first kappa shape index (κ1) is 93.1. The van der Waals surface area contributed by atoms with E-state index in [4.69, 9.17) is 37.0 Å². The Labute approximate surface area is 581 Å². The molecule has 564 valence electrons. The molecule has 3 N–H and O–H groups in total. The number of hydrogen-bond donors (Lipinski definition) is 3. The Morgan fingerprint density at radius 3 is 0.800 bits per heavy atom. The standard InChI is InChI=1S/C76H148O17P2/c1-8-10-11-12-13-36-43-50-57-73(78)86-63-71(92-76(81)60-53-46-39-32-26-20-22-28-34-41-48-55-68(5)6)65-90-94(82,83)88-61-70(77)62-89-95(84,85)91-66-72(64-87-74(79)58-51-44-37-30-24-19-18-21-27-33-40-47-54-67(3)4)93-75(80)59-52-45-38-31-25-17-15-14-16-23-29-35-42-49-56-69(7)9-2/h67-72,77H,8-66H2,1-7H3,(H,82,83)(H,84,85)/t69?,70-,71+,72+/m0/s1. The normalized spacial score (nSPS) is 14.4. The van der Waals surface area contributed by atoms with Gasteiger partial charge in [0.2, 0.25) is 0 Å². The van der Waals surface area contributed by atoms with Crippen LogP contribution in [0.1, 0.15) is 389 Å². The molecule has 0 rings (SSSR count). The number of ether oxygens (including phenoxy) is 4. The maximum atomic E-state index is 13.1. The quantitative estimate of drug-likeness (QED) is 0.0222. The van der Waals surface area contributed by atoms with E-state index in [9.17, 15) is 43.2 Å². The van der Waals surface area contributed by atoms with Crippen LogP contribution in [0.2, 0.25) is 0 Å². The molecule has 0 aliphatic carbocycles. The van der Waals surface area contributed by atoms with Crippen LogP contribution in [-0.2, 0) is 65.4 Å². The highest BCUT2D eigenvalue weighted by atomic mass is 31.2. The van der Waals surface area contributed by atoms with Crippen molar-refractivity contribution in [3.8, 4) is 0 Å². The van der Waals surface area contributed by atoms with Gasteiger partial charge in [-0.2, -0.15) is 0 Å². The first-order valence-electron chi connectivity index (χ1n) is 39.4. The Morgan fingerprint density at radius 2 is 0.537 bits per heavy atom. The van der Waals surface area contributed by atoms with Crippen molar-refractivity contribution in [2.75, 3.05) is 39.6 Å². The summed E-state index contributed by atoms with van der Waals surface area (Å²) < 4.78 is 68.5. The van der Waals surface area contributed by atoms with Crippen LogP contribution in [0.15, 0.2) is 0 Å². The van der Waals surface area contributed by atoms with Gasteiger partial charge in [0, 0.05) is 25.7 Å². The molecule has 0 saturated heterocycles. The Hall–Kier alpha value is -1.94. The van der Waals surface area contributed by atoms with Crippen molar-refractivity contribution in [3.05, 3.63) is 0 Å². The fourth-order valence-electron chi connectivity index (χ4n) is 11.6. The molecule has 3 unspecified atom stereocenters. The molecule has 0 aromatic rings. The summed E-state index contributed by atoms with van der Waals surface area (Å²) in [7, 11) is -9.91. The molecule has 0 aromatic carbocycles. The summed E-state index contributed by atoms with van der Waals surface area (Å²) in [5.74, 6) is 0.274. The summed E-state index contributed by atoms with van der Waals surface area (Å²) in [5, 5.41) is 10.6. The number of phosphoric acid groups is 2. The molecule has 0 radical (unpaired) electrons. The Bertz CT molecular complexity index is 1850. The van der Waals surface area contributed by atoms with Gasteiger partial charge < -0.3 is 33.8 Å². The zero-order valence-corrected chi connectivity index (χ0v) is 63.9. The van der Waals surface area contributed by atoms with Crippen LogP contribution in [-0.4, -0.2) is 96.7 Å². The third kappa shape index (κ3) is 69.0. The maximum Gasteiger partial charge on any atom is 0.472 e. The largest absolute Gasteiger partial charge is 0.472 e. The molecular formula is C76H148O17P2. The first-order chi connectivity index (χ1) is 45.8. The van der Waals surface area contributed by atoms with Crippen LogP contribution < -0.4 is 0 Å². The molecule has 0 aromatic heterocycles. The highest BCUT2D eigenvalue weighted by Gasteiger charge is 2.30. The van der Waals surface area contributed by atoms with Crippen molar-refractivity contribution in [3.63, 3.8) is 0 Å². The van der Waals surface area contributed by atoms with Crippen LogP contribution in [0.3, 0.4) is 0 Å². The van der Waals surface area contributed by atoms with Crippen LogP contribution in [0.5, 0.6) is 0 Å². The third-order valence-corrected chi connectivity index (χ3v) is 19.9. The van der Waals surface area contributed by atoms with Gasteiger partial charge in [-0.1, -0.05) is 337 Å². The van der Waals surface area contributed by atoms with Crippen molar-refractivity contribution in [1.82, 2.24) is 0 Å². The lowest BCUT2D eigenvalue weighted by Gasteiger charge is -2.21. The Balaban J connectivity index is 5.22. The van der Waals surface area contributed by atoms with E-state index in [1.807, 2.05) is 0 Å². The van der Waals surface area contributed by atoms with Crippen LogP contribution >= 0.6 is 15.6 Å². The van der Waals surface area contributed by atoms with E-state index in [1.54, 1.807) is 0 Å². The SMILES string of the molecule is CCCCCCCCCCC(=O)OC[C@H](COP(=O)(O)OC[C@H](O)COP(=O)(O)OC[C@@H](COC(=O)CCCCCCCCCCCCCCC(C)C)OC(=O)CCCCCCCCCCCCCCCCC(C)CC)OC(=O)CCCCCCCCCCCCCC(C)C. The molecule has 0 heterocycles. The minimum absolute atomic E-state index is 0.106. The topological polar surface area (TPSA) is 237 Å². The highest BCUT2D eigenvalue weighted by molar-refractivity contribution is 7.47. The van der Waals surface area contributed by atoms with E-state index < -0.39 is 97.5 Å². The summed E-state index contributed by atoms with van der Waals surface area (Å²) in [6, 6.07) is 0. The number of rotatable bonds is 74. The lowest BCUT2D eigenvalue weighted by Crippen LogP contribution is -2.30. The fourth-order valence-corrected chi connectivity index (χ4v) is 13.1. The average molecular weight is 1400 g/mol. The van der Waals surface area contributed by atoms with Gasteiger partial charge in [0.05, 0.1) is 26.4 Å². The average Bonchev–Trinajstić information content (AvgIpc) is 1.45. The zero-order valence-electron chi connectivity index (χ0n) is 62.1. The molecule has 0 amide bonds. The van der Waals surface area contributed by atoms with Gasteiger partial charge in [0.15, 0.2) is 12.2 Å². The van der Waals surface area contributed by atoms with E-state index in [0.717, 1.165) is 114 Å². The number of carbonyl (C=O) groups is 4. The summed E-state index contributed by atoms with van der Waals surface area (Å²) in [6.07, 6.45) is 52.6. The minimum Gasteiger partial charge on any atom is -0.462 e. The molecule has 95 heavy (non-hydrogen) atoms. The first-order valence-corrected chi connectivity index (χ1v) is 42.4. The summed E-state index contributed by atoms with van der Waals surface area (Å²) in [5.41, 5.74) is 0. The predicted octanol–water partition coefficient (Wildman–Crippen LogP) is 22.2. The van der Waals surface area contributed by atoms with Gasteiger partial charge in [-0.15, -0.1) is 0 Å². The second-order valence-electron chi connectivity index (χ2n) is 28.6. The molecule has 0 aliphatic rings. The summed E-state index contributed by atoms with van der Waals surface area (Å²) in [6.45, 7) is 11.9. The number of hydrogen-bond acceptors (Lipinski definition) is 15. The van der Waals surface area contributed by atoms with Gasteiger partial charge in [-0.05, 0) is 43.4 Å². The second-order valence-corrected chi connectivity index (χ2v) is 31.5. The smallest absolute Gasteiger partial charge is 0.462 e. The molecule has 0 fully saturated rings. The van der Waals surface area contributed by atoms with Gasteiger partial charge in [0.25, 0.3) is 0 Å². The van der Waals surface area contributed by atoms with E-state index in [2.05, 4.69) is 48.5 Å². The van der Waals surface area contributed by atoms with Crippen molar-refractivity contribution < 1.29 is 80.2 Å². The van der Waals surface area contributed by atoms with E-state index in [0.29, 0.717) is 25.7 Å². The Morgan fingerprint density at radius 1 is 0.305 bits per heavy atom. The molecule has 0 bridgehead atoms.